The molecule has 42 nitrogen and oxygen atoms in total. The highest BCUT2D eigenvalue weighted by atomic mass is 19.4. The molecule has 0 radical (unpaired) electrons. The van der Waals surface area contributed by atoms with Crippen LogP contribution in [0, 0.1) is 10.8 Å². The summed E-state index contributed by atoms with van der Waals surface area (Å²) < 4.78 is 127. The van der Waals surface area contributed by atoms with E-state index in [-0.39, 0.29) is 137 Å². The van der Waals surface area contributed by atoms with Crippen LogP contribution < -0.4 is 102 Å². The SMILES string of the molecule is N=C(N)NCCC[C@@H](NC(=O)C(c1ccccc1)c1ccccc1)C(=O)NCc1ccc(CNC(=O)NCCCCNC(=O)CNC(=O)CCC(=O)NCCN(CCN)CCNC(=O)CCC(=O)NCC(=O)NCCCCNC(=O)NCc2ccc(CNC(=O)[C@@H](CCCNC(=N)N)NC(=O)C(c3ccccc3)c3ccccc3)cc2)cc1.O=C(O)C(F)(F)F.O=C(O)C(F)(F)F.O=C(O)C(F)(F)F.O=C(O)C(F)(F)F. The van der Waals surface area contributed by atoms with Gasteiger partial charge in [0.05, 0.1) is 24.9 Å². The van der Waals surface area contributed by atoms with Gasteiger partial charge in [0.15, 0.2) is 11.9 Å². The third-order valence-corrected chi connectivity index (χ3v) is 19.6. The molecule has 6 aromatic carbocycles. The van der Waals surface area contributed by atoms with Gasteiger partial charge < -0.3 is 123 Å². The predicted molar refractivity (Wildman–Crippen MR) is 504 cm³/mol. The van der Waals surface area contributed by atoms with Crippen LogP contribution in [-0.2, 0) is 93.3 Å². The van der Waals surface area contributed by atoms with Crippen molar-refractivity contribution >= 4 is 107 Å². The van der Waals surface area contributed by atoms with Crippen molar-refractivity contribution in [2.45, 2.75) is 152 Å². The summed E-state index contributed by atoms with van der Waals surface area (Å²) in [5.41, 5.74) is 23.1. The molecule has 146 heavy (non-hydrogen) atoms. The van der Waals surface area contributed by atoms with Crippen molar-refractivity contribution in [3.8, 4) is 0 Å². The van der Waals surface area contributed by atoms with Gasteiger partial charge in [0.2, 0.25) is 59.1 Å². The molecule has 0 aliphatic carbocycles. The van der Waals surface area contributed by atoms with E-state index in [1.807, 2.05) is 175 Å². The van der Waals surface area contributed by atoms with Gasteiger partial charge in [-0.1, -0.05) is 170 Å². The fraction of sp³-hybridized carbons (Fsp3) is 0.413. The molecule has 14 amide bonds. The van der Waals surface area contributed by atoms with E-state index >= 15 is 0 Å². The van der Waals surface area contributed by atoms with Gasteiger partial charge in [0.25, 0.3) is 0 Å². The van der Waals surface area contributed by atoms with Crippen LogP contribution in [0.2, 0.25) is 0 Å². The number of carboxylic acids is 4. The van der Waals surface area contributed by atoms with Gasteiger partial charge in [0.1, 0.15) is 12.1 Å². The van der Waals surface area contributed by atoms with Gasteiger partial charge in [-0.3, -0.25) is 63.7 Å². The van der Waals surface area contributed by atoms with Gasteiger partial charge in [0, 0.05) is 130 Å². The van der Waals surface area contributed by atoms with E-state index in [1.165, 1.54) is 0 Å². The minimum absolute atomic E-state index is 0.110. The van der Waals surface area contributed by atoms with Gasteiger partial charge in [-0.15, -0.1) is 0 Å². The molecular formula is C92H120F12N22O20. The smallest absolute Gasteiger partial charge is 0.475 e. The number of hydrogen-bond donors (Lipinski definition) is 25. The molecule has 0 aromatic heterocycles. The van der Waals surface area contributed by atoms with Gasteiger partial charge in [-0.2, -0.15) is 52.7 Å². The lowest BCUT2D eigenvalue weighted by Crippen LogP contribution is -2.48. The number of carboxylic acid groups (broad SMARTS) is 4. The van der Waals surface area contributed by atoms with Crippen molar-refractivity contribution < 1.29 is 150 Å². The van der Waals surface area contributed by atoms with Crippen molar-refractivity contribution in [3.63, 3.8) is 0 Å². The van der Waals surface area contributed by atoms with E-state index < -0.39 is 96.1 Å². The number of aliphatic carboxylic acids is 4. The van der Waals surface area contributed by atoms with Crippen LogP contribution in [0.5, 0.6) is 0 Å². The Morgan fingerprint density at radius 3 is 0.767 bits per heavy atom. The standard InChI is InChI=1S/C84H116N22O12.4C2HF3O2/c85-41-50-106(51-48-92-69(107)37-39-71(109)98-57-73(111)90-42-13-15-44-96-83(117)102-55-61-33-29-59(30-34-61)53-100-77(113)67(27-17-46-94-81(86)87)104-79(115)75(63-19-5-1-6-20-63)64-21-7-2-8-22-64)52-49-93-70(108)38-40-72(110)99-58-74(112)91-43-14-16-45-97-84(118)103-56-62-35-31-60(32-36-62)54-101-78(114)68(28-18-47-95-82(88)89)105-80(116)76(65-23-9-3-10-24-65)66-25-11-4-12-26-66;4*3-2(4,5)1(6)7/h1-12,19-26,29-36,67-68,75-76H,13-18,27-28,37-58,85H2,(H,90,111)(H,91,112)(H,92,107)(H,93,108)(H,98,109)(H,99,110)(H,100,113)(H,101,114)(H,104,115)(H,105,116)(H4,86,87,94)(H4,88,89,95)(H2,96,102,117)(H2,97,103,118);4*(H,6,7)/t67-,68-;;;;/m1..../s1. The van der Waals surface area contributed by atoms with E-state index in [9.17, 15) is 110 Å². The number of rotatable bonds is 54. The molecule has 0 heterocycles. The highest BCUT2D eigenvalue weighted by molar-refractivity contribution is 5.94. The molecule has 28 N–H and O–H groups in total. The molecule has 0 aliphatic rings. The zero-order valence-corrected chi connectivity index (χ0v) is 78.7. The molecule has 0 bridgehead atoms. The summed E-state index contributed by atoms with van der Waals surface area (Å²) in [6.07, 6.45) is -17.1. The Labute approximate surface area is 829 Å². The fourth-order valence-electron chi connectivity index (χ4n) is 12.2. The van der Waals surface area contributed by atoms with Crippen molar-refractivity contribution in [1.29, 1.82) is 10.8 Å². The summed E-state index contributed by atoms with van der Waals surface area (Å²) in [6.45, 7) is 4.37. The summed E-state index contributed by atoms with van der Waals surface area (Å²) in [5, 5.41) is 87.9. The normalized spacial score (nSPS) is 11.3. The fourth-order valence-corrected chi connectivity index (χ4v) is 12.2. The molecule has 0 spiro atoms. The van der Waals surface area contributed by atoms with Gasteiger partial charge >= 0.3 is 60.6 Å². The number of guanidine groups is 2. The molecule has 802 valence electrons. The molecular weight excluding hydrogens is 1960 g/mol. The van der Waals surface area contributed by atoms with Gasteiger partial charge in [-0.05, 0) is 95.9 Å². The number of amides is 14. The Kier molecular flexibility index (Phi) is 59.7. The average molecular weight is 2080 g/mol. The lowest BCUT2D eigenvalue weighted by atomic mass is 9.90. The Balaban J connectivity index is 0.00000224. The molecule has 54 heteroatoms. The maximum absolute atomic E-state index is 13.9. The Morgan fingerprint density at radius 2 is 0.521 bits per heavy atom. The van der Waals surface area contributed by atoms with E-state index in [2.05, 4.69) is 85.1 Å². The Hall–Kier alpha value is -15.9. The summed E-state index contributed by atoms with van der Waals surface area (Å²) in [6, 6.07) is 49.6. The maximum atomic E-state index is 13.9. The van der Waals surface area contributed by atoms with Crippen LogP contribution in [0.4, 0.5) is 62.3 Å². The van der Waals surface area contributed by atoms with Crippen LogP contribution in [0.25, 0.3) is 0 Å². The number of nitrogens with zero attached hydrogens (tertiary/aromatic N) is 1. The monoisotopic (exact) mass is 2080 g/mol. The molecule has 0 fully saturated rings. The number of carbonyl (C=O) groups is 16. The number of urea groups is 2. The first-order valence-corrected chi connectivity index (χ1v) is 44.8. The Bertz CT molecular complexity index is 4660. The van der Waals surface area contributed by atoms with Crippen molar-refractivity contribution in [2.24, 2.45) is 17.2 Å². The van der Waals surface area contributed by atoms with Crippen molar-refractivity contribution in [1.82, 2.24) is 90.0 Å². The van der Waals surface area contributed by atoms with Crippen molar-refractivity contribution in [3.05, 3.63) is 214 Å². The summed E-state index contributed by atoms with van der Waals surface area (Å²) >= 11 is 0. The van der Waals surface area contributed by atoms with E-state index in [1.54, 1.807) is 0 Å². The van der Waals surface area contributed by atoms with E-state index in [0.717, 1.165) is 44.5 Å². The molecule has 0 unspecified atom stereocenters. The van der Waals surface area contributed by atoms with Crippen LogP contribution in [-0.4, -0.2) is 261 Å². The number of hydrogen-bond acceptors (Lipinski definition) is 20. The minimum Gasteiger partial charge on any atom is -0.475 e. The predicted octanol–water partition coefficient (Wildman–Crippen LogP) is 3.99. The average Bonchev–Trinajstić information content (AvgIpc) is 0.825. The van der Waals surface area contributed by atoms with Crippen molar-refractivity contribution in [2.75, 3.05) is 91.6 Å². The quantitative estimate of drug-likeness (QED) is 0.0111. The van der Waals surface area contributed by atoms with E-state index in [4.69, 9.17) is 67.6 Å². The third-order valence-electron chi connectivity index (χ3n) is 19.6. The first-order chi connectivity index (χ1) is 68.9. The number of unbranched alkanes of at least 4 members (excludes halogenated alkanes) is 2. The lowest BCUT2D eigenvalue weighted by Gasteiger charge is -2.23. The molecule has 0 aliphatic heterocycles. The minimum atomic E-state index is -5.08. The molecule has 6 rings (SSSR count). The number of carbonyl (C=O) groups excluding carboxylic acids is 12. The third kappa shape index (κ3) is 59.1. The molecule has 0 saturated heterocycles. The largest absolute Gasteiger partial charge is 0.490 e. The topological polar surface area (TPSA) is 676 Å². The molecule has 6 aromatic rings. The second kappa shape index (κ2) is 69.1. The highest BCUT2D eigenvalue weighted by Gasteiger charge is 2.41. The zero-order chi connectivity index (χ0) is 109. The second-order valence-corrected chi connectivity index (χ2v) is 31.1. The second-order valence-electron chi connectivity index (χ2n) is 31.1. The van der Waals surface area contributed by atoms with Crippen LogP contribution in [0.3, 0.4) is 0 Å². The first-order valence-electron chi connectivity index (χ1n) is 44.8. The number of halogens is 12. The highest BCUT2D eigenvalue weighted by Crippen LogP contribution is 2.28. The number of nitrogens with one attached hydrogen (secondary N) is 18. The van der Waals surface area contributed by atoms with Gasteiger partial charge in [-0.25, -0.2) is 28.8 Å². The molecule has 2 atom stereocenters. The van der Waals surface area contributed by atoms with E-state index in [0.29, 0.717) is 117 Å². The zero-order valence-electron chi connectivity index (χ0n) is 78.7. The van der Waals surface area contributed by atoms with Crippen LogP contribution >= 0.6 is 0 Å². The number of alkyl halides is 12. The lowest BCUT2D eigenvalue weighted by molar-refractivity contribution is -0.193. The van der Waals surface area contributed by atoms with Crippen LogP contribution in [0.1, 0.15) is 133 Å². The summed E-state index contributed by atoms with van der Waals surface area (Å²) in [4.78, 5) is 193. The Morgan fingerprint density at radius 1 is 0.288 bits per heavy atom. The summed E-state index contributed by atoms with van der Waals surface area (Å²) in [5.74, 6) is -16.6. The van der Waals surface area contributed by atoms with Crippen LogP contribution in [0.15, 0.2) is 170 Å². The number of benzene rings is 6. The first kappa shape index (κ1) is 126. The number of nitrogens with two attached hydrogens (primary N) is 3. The molecule has 0 saturated carbocycles. The summed E-state index contributed by atoms with van der Waals surface area (Å²) in [7, 11) is 0. The maximum Gasteiger partial charge on any atom is 0.490 e.